The lowest BCUT2D eigenvalue weighted by Crippen LogP contribution is -2.18. The molecule has 1 atom stereocenters. The Bertz CT molecular complexity index is 1100. The number of nitrogens with zero attached hydrogens (tertiary/aromatic N) is 5. The molecule has 1 fully saturated rings. The van der Waals surface area contributed by atoms with Crippen molar-refractivity contribution in [3.8, 4) is 11.3 Å². The highest BCUT2D eigenvalue weighted by Gasteiger charge is 2.23. The van der Waals surface area contributed by atoms with E-state index in [1.54, 1.807) is 6.20 Å². The number of carbonyl (C=O) groups is 1. The van der Waals surface area contributed by atoms with Crippen LogP contribution in [0.2, 0.25) is 0 Å². The van der Waals surface area contributed by atoms with E-state index in [-0.39, 0.29) is 5.91 Å². The van der Waals surface area contributed by atoms with Crippen molar-refractivity contribution in [1.82, 2.24) is 24.5 Å². The number of anilines is 1. The van der Waals surface area contributed by atoms with Gasteiger partial charge in [0.1, 0.15) is 11.3 Å². The van der Waals surface area contributed by atoms with Gasteiger partial charge in [0, 0.05) is 30.9 Å². The molecule has 3 aromatic heterocycles. The number of pyridine rings is 2. The van der Waals surface area contributed by atoms with Crippen molar-refractivity contribution in [3.63, 3.8) is 0 Å². The number of rotatable bonds is 3. The van der Waals surface area contributed by atoms with Crippen molar-refractivity contribution >= 4 is 38.8 Å². The minimum absolute atomic E-state index is 0.307. The zero-order valence-electron chi connectivity index (χ0n) is 14.3. The highest BCUT2D eigenvalue weighted by atomic mass is 32.2. The quantitative estimate of drug-likeness (QED) is 0.743. The third kappa shape index (κ3) is 2.80. The molecular formula is C18H16N6O2S. The second-order valence-electron chi connectivity index (χ2n) is 6.47. The second-order valence-corrected chi connectivity index (χ2v) is 7.63. The molecule has 0 aliphatic carbocycles. The fourth-order valence-corrected chi connectivity index (χ4v) is 4.26. The fourth-order valence-electron chi connectivity index (χ4n) is 3.40. The van der Waals surface area contributed by atoms with Crippen LogP contribution in [0.5, 0.6) is 0 Å². The molecule has 0 radical (unpaired) electrons. The zero-order valence-corrected chi connectivity index (χ0v) is 15.1. The molecule has 2 aliphatic heterocycles. The summed E-state index contributed by atoms with van der Waals surface area (Å²) < 4.78 is 15.8. The normalized spacial score (nSPS) is 19.6. The van der Waals surface area contributed by atoms with E-state index < -0.39 is 11.0 Å². The second kappa shape index (κ2) is 6.27. The molecule has 0 spiro atoms. The summed E-state index contributed by atoms with van der Waals surface area (Å²) in [5.41, 5.74) is 3.07. The minimum Gasteiger partial charge on any atom is -0.357 e. The molecule has 136 valence electrons. The third-order valence-corrected chi connectivity index (χ3v) is 5.80. The van der Waals surface area contributed by atoms with Crippen LogP contribution in [-0.4, -0.2) is 43.0 Å². The molecular weight excluding hydrogens is 364 g/mol. The highest BCUT2D eigenvalue weighted by Crippen LogP contribution is 2.25. The first-order valence-electron chi connectivity index (χ1n) is 8.70. The Labute approximate surface area is 157 Å². The molecule has 2 aliphatic rings. The van der Waals surface area contributed by atoms with Crippen LogP contribution in [0, 0.1) is 0 Å². The third-order valence-electron chi connectivity index (χ3n) is 4.75. The summed E-state index contributed by atoms with van der Waals surface area (Å²) in [5.74, 6) is 0.610. The molecule has 1 saturated heterocycles. The van der Waals surface area contributed by atoms with Crippen LogP contribution >= 0.6 is 0 Å². The topological polar surface area (TPSA) is 93.0 Å². The van der Waals surface area contributed by atoms with Crippen LogP contribution in [0.25, 0.3) is 27.3 Å². The average molecular weight is 380 g/mol. The van der Waals surface area contributed by atoms with Crippen LogP contribution in [-0.2, 0) is 15.8 Å². The van der Waals surface area contributed by atoms with Gasteiger partial charge in [-0.25, -0.2) is 18.9 Å². The van der Waals surface area contributed by atoms with E-state index in [9.17, 15) is 9.00 Å². The molecule has 5 rings (SSSR count). The molecule has 0 saturated carbocycles. The van der Waals surface area contributed by atoms with Crippen LogP contribution < -0.4 is 9.62 Å². The number of aromatic nitrogens is 4. The Kier molecular flexibility index (Phi) is 3.75. The fraction of sp³-hybridized carbons (Fsp3) is 0.222. The van der Waals surface area contributed by atoms with Gasteiger partial charge in [-0.2, -0.15) is 5.10 Å². The van der Waals surface area contributed by atoms with Gasteiger partial charge in [-0.15, -0.1) is 0 Å². The molecule has 1 amide bonds. The Morgan fingerprint density at radius 3 is 2.63 bits per heavy atom. The standard InChI is InChI=1S/C18H16N6O2S/c25-17-9-18(27(26)22-17)24-15-5-4-13(21-14(15)11-20-24)12-3-6-16(19-10-12)23-7-1-2-8-23/h3-6,9-11H,1-2,7-8H2,(H,22,25). The zero-order chi connectivity index (χ0) is 18.4. The summed E-state index contributed by atoms with van der Waals surface area (Å²) in [4.78, 5) is 22.9. The summed E-state index contributed by atoms with van der Waals surface area (Å²) in [7, 11) is -1.60. The first-order chi connectivity index (χ1) is 13.2. The van der Waals surface area contributed by atoms with Crippen molar-refractivity contribution in [3.05, 3.63) is 42.7 Å². The van der Waals surface area contributed by atoms with Crippen LogP contribution in [0.4, 0.5) is 5.82 Å². The summed E-state index contributed by atoms with van der Waals surface area (Å²) in [6.07, 6.45) is 7.16. The van der Waals surface area contributed by atoms with Gasteiger partial charge in [-0.3, -0.25) is 9.52 Å². The summed E-state index contributed by atoms with van der Waals surface area (Å²) in [5, 5.41) is 4.55. The van der Waals surface area contributed by atoms with Crippen molar-refractivity contribution in [2.45, 2.75) is 12.8 Å². The number of fused-ring (bicyclic) bond motifs is 1. The van der Waals surface area contributed by atoms with E-state index in [1.165, 1.54) is 23.6 Å². The largest absolute Gasteiger partial charge is 0.357 e. The average Bonchev–Trinajstić information content (AvgIpc) is 3.41. The van der Waals surface area contributed by atoms with Crippen molar-refractivity contribution in [1.29, 1.82) is 0 Å². The molecule has 8 nitrogen and oxygen atoms in total. The van der Waals surface area contributed by atoms with Gasteiger partial charge in [0.05, 0.1) is 17.4 Å². The van der Waals surface area contributed by atoms with Crippen molar-refractivity contribution < 1.29 is 9.00 Å². The molecule has 0 bridgehead atoms. The maximum Gasteiger partial charge on any atom is 0.258 e. The van der Waals surface area contributed by atoms with Crippen LogP contribution in [0.3, 0.4) is 0 Å². The van der Waals surface area contributed by atoms with Gasteiger partial charge in [-0.05, 0) is 37.1 Å². The lowest BCUT2D eigenvalue weighted by molar-refractivity contribution is -0.114. The smallest absolute Gasteiger partial charge is 0.258 e. The van der Waals surface area contributed by atoms with Crippen molar-refractivity contribution in [2.24, 2.45) is 0 Å². The van der Waals surface area contributed by atoms with Gasteiger partial charge in [0.2, 0.25) is 0 Å². The first-order valence-corrected chi connectivity index (χ1v) is 9.85. The lowest BCUT2D eigenvalue weighted by Gasteiger charge is -2.16. The van der Waals surface area contributed by atoms with E-state index in [4.69, 9.17) is 0 Å². The summed E-state index contributed by atoms with van der Waals surface area (Å²) in [6.45, 7) is 2.12. The Morgan fingerprint density at radius 1 is 1.07 bits per heavy atom. The predicted molar refractivity (Wildman–Crippen MR) is 103 cm³/mol. The SMILES string of the molecule is O=C1C=C(n2ncc3nc(-c4ccc(N5CCCC5)nc4)ccc32)S(=O)N1. The molecule has 1 N–H and O–H groups in total. The molecule has 5 heterocycles. The summed E-state index contributed by atoms with van der Waals surface area (Å²) in [6, 6.07) is 7.79. The molecule has 3 aromatic rings. The number of hydrogen-bond donors (Lipinski definition) is 1. The molecule has 27 heavy (non-hydrogen) atoms. The lowest BCUT2D eigenvalue weighted by atomic mass is 10.2. The van der Waals surface area contributed by atoms with E-state index >= 15 is 0 Å². The maximum absolute atomic E-state index is 12.0. The Balaban J connectivity index is 1.48. The molecule has 9 heteroatoms. The number of hydrogen-bond acceptors (Lipinski definition) is 6. The van der Waals surface area contributed by atoms with E-state index in [2.05, 4.69) is 24.7 Å². The number of carbonyl (C=O) groups excluding carboxylic acids is 1. The first kappa shape index (κ1) is 16.1. The van der Waals surface area contributed by atoms with Gasteiger partial charge in [-0.1, -0.05) is 0 Å². The Hall–Kier alpha value is -3.07. The van der Waals surface area contributed by atoms with E-state index in [1.807, 2.05) is 30.5 Å². The molecule has 1 unspecified atom stereocenters. The van der Waals surface area contributed by atoms with Gasteiger partial charge >= 0.3 is 0 Å². The Morgan fingerprint density at radius 2 is 1.93 bits per heavy atom. The maximum atomic E-state index is 12.0. The monoisotopic (exact) mass is 380 g/mol. The number of amides is 1. The van der Waals surface area contributed by atoms with Crippen LogP contribution in [0.15, 0.2) is 42.7 Å². The highest BCUT2D eigenvalue weighted by molar-refractivity contribution is 7.93. The van der Waals surface area contributed by atoms with Gasteiger partial charge in [0.15, 0.2) is 16.0 Å². The summed E-state index contributed by atoms with van der Waals surface area (Å²) >= 11 is 0. The van der Waals surface area contributed by atoms with E-state index in [0.29, 0.717) is 16.1 Å². The van der Waals surface area contributed by atoms with E-state index in [0.717, 1.165) is 30.2 Å². The number of nitrogens with one attached hydrogen (secondary N) is 1. The van der Waals surface area contributed by atoms with Gasteiger partial charge < -0.3 is 4.90 Å². The van der Waals surface area contributed by atoms with Crippen molar-refractivity contribution in [2.75, 3.05) is 18.0 Å². The van der Waals surface area contributed by atoms with Crippen LogP contribution in [0.1, 0.15) is 12.8 Å². The predicted octanol–water partition coefficient (Wildman–Crippen LogP) is 1.69. The van der Waals surface area contributed by atoms with Gasteiger partial charge in [0.25, 0.3) is 5.91 Å². The molecule has 0 aromatic carbocycles. The minimum atomic E-state index is -1.60.